The topological polar surface area (TPSA) is 67.6 Å². The van der Waals surface area contributed by atoms with E-state index < -0.39 is 17.7 Å². The molecule has 0 aliphatic carbocycles. The quantitative estimate of drug-likeness (QED) is 0.219. The molecule has 37 heavy (non-hydrogen) atoms. The van der Waals surface area contributed by atoms with Crippen LogP contribution in [-0.4, -0.2) is 16.3 Å². The third-order valence-corrected chi connectivity index (χ3v) is 6.63. The number of aryl methyl sites for hydroxylation is 1. The Morgan fingerprint density at radius 1 is 0.892 bits per heavy atom. The van der Waals surface area contributed by atoms with Crippen molar-refractivity contribution < 1.29 is 22.9 Å². The number of rotatable bonds is 7. The molecular formula is C25H17Cl4F2N3O3. The van der Waals surface area contributed by atoms with Crippen LogP contribution in [0.3, 0.4) is 0 Å². The highest BCUT2D eigenvalue weighted by atomic mass is 35.5. The minimum atomic E-state index is -1.00. The Morgan fingerprint density at radius 3 is 1.89 bits per heavy atom. The summed E-state index contributed by atoms with van der Waals surface area (Å²) in [5.41, 5.74) is 0.730. The average Bonchev–Trinajstić information content (AvgIpc) is 3.18. The lowest BCUT2D eigenvalue weighted by atomic mass is 10.1. The largest absolute Gasteiger partial charge is 0.430 e. The molecule has 0 bridgehead atoms. The first kappa shape index (κ1) is 27.2. The van der Waals surface area contributed by atoms with Crippen LogP contribution in [0.5, 0.6) is 0 Å². The Bertz CT molecular complexity index is 1350. The van der Waals surface area contributed by atoms with Crippen LogP contribution >= 0.6 is 46.4 Å². The summed E-state index contributed by atoms with van der Waals surface area (Å²) >= 11 is 24.9. The second kappa shape index (κ2) is 11.7. The smallest absolute Gasteiger partial charge is 0.359 e. The van der Waals surface area contributed by atoms with Crippen LogP contribution in [0.2, 0.25) is 20.1 Å². The molecule has 6 nitrogen and oxygen atoms in total. The van der Waals surface area contributed by atoms with Crippen LogP contribution in [0.4, 0.5) is 19.3 Å². The Balaban J connectivity index is 1.63. The predicted molar refractivity (Wildman–Crippen MR) is 139 cm³/mol. The number of halogens is 6. The molecule has 192 valence electrons. The maximum Gasteiger partial charge on any atom is 0.430 e. The van der Waals surface area contributed by atoms with Gasteiger partial charge in [0.2, 0.25) is 0 Å². The van der Waals surface area contributed by atoms with Crippen LogP contribution in [0.25, 0.3) is 11.3 Å². The zero-order chi connectivity index (χ0) is 26.7. The lowest BCUT2D eigenvalue weighted by molar-refractivity contribution is -0.111. The van der Waals surface area contributed by atoms with Gasteiger partial charge in [-0.05, 0) is 43.3 Å². The number of anilines is 1. The summed E-state index contributed by atoms with van der Waals surface area (Å²) in [5.74, 6) is -1.03. The number of nitrogens with one attached hydrogen (secondary N) is 1. The summed E-state index contributed by atoms with van der Waals surface area (Å²) in [7, 11) is 0. The van der Waals surface area contributed by atoms with Gasteiger partial charge in [0.1, 0.15) is 23.0 Å². The van der Waals surface area contributed by atoms with Crippen LogP contribution in [0.15, 0.2) is 59.1 Å². The highest BCUT2D eigenvalue weighted by Gasteiger charge is 2.25. The van der Waals surface area contributed by atoms with Crippen molar-refractivity contribution in [3.05, 3.63) is 103 Å². The van der Waals surface area contributed by atoms with Crippen molar-refractivity contribution in [2.75, 3.05) is 5.32 Å². The number of carbonyl (C=O) groups excluding carboxylic acids is 1. The van der Waals surface area contributed by atoms with E-state index in [-0.39, 0.29) is 61.4 Å². The minimum Gasteiger partial charge on any atom is -0.359 e. The van der Waals surface area contributed by atoms with Crippen molar-refractivity contribution in [3.63, 3.8) is 0 Å². The number of amides is 1. The van der Waals surface area contributed by atoms with Gasteiger partial charge in [-0.1, -0.05) is 69.8 Å². The number of nitrogens with zero attached hydrogens (tertiary/aromatic N) is 2. The van der Waals surface area contributed by atoms with Gasteiger partial charge >= 0.3 is 6.09 Å². The first-order chi connectivity index (χ1) is 17.7. The molecule has 1 aromatic heterocycles. The Labute approximate surface area is 230 Å². The van der Waals surface area contributed by atoms with Crippen LogP contribution in [0, 0.1) is 18.6 Å². The number of hydrogen-bond acceptors (Lipinski definition) is 5. The van der Waals surface area contributed by atoms with Crippen LogP contribution in [-0.2, 0) is 17.9 Å². The summed E-state index contributed by atoms with van der Waals surface area (Å²) in [6, 6.07) is 13.1. The molecule has 0 saturated carbocycles. The lowest BCUT2D eigenvalue weighted by Crippen LogP contribution is -2.30. The average molecular weight is 587 g/mol. The molecule has 12 heteroatoms. The molecule has 1 N–H and O–H groups in total. The molecule has 0 atom stereocenters. The summed E-state index contributed by atoms with van der Waals surface area (Å²) in [4.78, 5) is 18.4. The zero-order valence-electron chi connectivity index (χ0n) is 19.0. The van der Waals surface area contributed by atoms with Crippen molar-refractivity contribution in [3.8, 4) is 11.3 Å². The number of hydrogen-bond donors (Lipinski definition) is 1. The summed E-state index contributed by atoms with van der Waals surface area (Å²) in [6.45, 7) is 0.942. The standard InChI is InChI=1S/C25H17Cl4F2N3O3/c1-13-23(24(33-36-13)22-18(28)7-2-8-19(22)29)32-25(35)37-34(11-14-16(26)5-3-9-20(14)30)12-15-17(27)6-4-10-21(15)31/h2-10H,11-12H2,1H3,(H,32,35). The molecule has 3 aromatic carbocycles. The SMILES string of the molecule is Cc1onc(-c2c(Cl)cccc2Cl)c1NC(=O)ON(Cc1c(F)cccc1Cl)Cc1c(F)cccc1Cl. The first-order valence-corrected chi connectivity index (χ1v) is 12.2. The maximum atomic E-state index is 14.5. The molecule has 0 radical (unpaired) electrons. The van der Waals surface area contributed by atoms with Gasteiger partial charge in [0.05, 0.1) is 23.1 Å². The molecule has 4 aromatic rings. The maximum absolute atomic E-state index is 14.5. The minimum absolute atomic E-state index is 0.0362. The van der Waals surface area contributed by atoms with E-state index in [1.807, 2.05) is 0 Å². The Morgan fingerprint density at radius 2 is 1.38 bits per heavy atom. The normalized spacial score (nSPS) is 11.1. The van der Waals surface area contributed by atoms with Gasteiger partial charge in [0.25, 0.3) is 0 Å². The number of aromatic nitrogens is 1. The molecule has 0 saturated heterocycles. The molecule has 0 unspecified atom stereocenters. The third kappa shape index (κ3) is 6.17. The van der Waals surface area contributed by atoms with E-state index in [4.69, 9.17) is 55.8 Å². The fourth-order valence-corrected chi connectivity index (χ4v) is 4.52. The molecule has 4 rings (SSSR count). The van der Waals surface area contributed by atoms with Crippen molar-refractivity contribution in [2.45, 2.75) is 20.0 Å². The Hall–Kier alpha value is -2.88. The van der Waals surface area contributed by atoms with Gasteiger partial charge in [-0.3, -0.25) is 5.32 Å². The fourth-order valence-electron chi connectivity index (χ4n) is 3.50. The highest BCUT2D eigenvalue weighted by molar-refractivity contribution is 6.39. The van der Waals surface area contributed by atoms with E-state index in [1.54, 1.807) is 25.1 Å². The zero-order valence-corrected chi connectivity index (χ0v) is 22.0. The fraction of sp³-hybridized carbons (Fsp3) is 0.120. The third-order valence-electron chi connectivity index (χ3n) is 5.29. The molecule has 0 aliphatic rings. The van der Waals surface area contributed by atoms with Gasteiger partial charge in [0, 0.05) is 26.7 Å². The summed E-state index contributed by atoms with van der Waals surface area (Å²) in [5, 5.41) is 8.28. The molecular weight excluding hydrogens is 570 g/mol. The number of carbonyl (C=O) groups is 1. The van der Waals surface area contributed by atoms with Gasteiger partial charge in [0.15, 0.2) is 5.76 Å². The predicted octanol–water partition coefficient (Wildman–Crippen LogP) is 8.71. The van der Waals surface area contributed by atoms with Crippen LogP contribution in [0.1, 0.15) is 16.9 Å². The van der Waals surface area contributed by atoms with Gasteiger partial charge in [-0.15, -0.1) is 5.06 Å². The molecule has 0 aliphatic heterocycles. The number of hydroxylamine groups is 2. The van der Waals surface area contributed by atoms with Crippen molar-refractivity contribution in [2.24, 2.45) is 0 Å². The summed E-state index contributed by atoms with van der Waals surface area (Å²) in [6.07, 6.45) is -1.00. The lowest BCUT2D eigenvalue weighted by Gasteiger charge is -2.23. The summed E-state index contributed by atoms with van der Waals surface area (Å²) < 4.78 is 34.2. The van der Waals surface area contributed by atoms with Gasteiger partial charge < -0.3 is 9.36 Å². The second-order valence-electron chi connectivity index (χ2n) is 7.76. The van der Waals surface area contributed by atoms with E-state index in [9.17, 15) is 13.6 Å². The van der Waals surface area contributed by atoms with E-state index >= 15 is 0 Å². The van der Waals surface area contributed by atoms with Crippen molar-refractivity contribution in [1.29, 1.82) is 0 Å². The number of benzene rings is 3. The van der Waals surface area contributed by atoms with E-state index in [0.29, 0.717) is 5.56 Å². The molecule has 0 fully saturated rings. The van der Waals surface area contributed by atoms with Crippen LogP contribution < -0.4 is 5.32 Å². The molecule has 1 amide bonds. The van der Waals surface area contributed by atoms with E-state index in [2.05, 4.69) is 10.5 Å². The van der Waals surface area contributed by atoms with E-state index in [0.717, 1.165) is 5.06 Å². The highest BCUT2D eigenvalue weighted by Crippen LogP contribution is 2.39. The van der Waals surface area contributed by atoms with Crippen molar-refractivity contribution >= 4 is 58.2 Å². The molecule has 0 spiro atoms. The second-order valence-corrected chi connectivity index (χ2v) is 9.39. The van der Waals surface area contributed by atoms with Crippen molar-refractivity contribution in [1.82, 2.24) is 10.2 Å². The van der Waals surface area contributed by atoms with E-state index in [1.165, 1.54) is 36.4 Å². The van der Waals surface area contributed by atoms with Gasteiger partial charge in [-0.25, -0.2) is 13.6 Å². The Kier molecular flexibility index (Phi) is 8.56. The molecule has 1 heterocycles. The monoisotopic (exact) mass is 585 g/mol. The van der Waals surface area contributed by atoms with Gasteiger partial charge in [-0.2, -0.15) is 0 Å². The first-order valence-electron chi connectivity index (χ1n) is 10.7.